The van der Waals surface area contributed by atoms with Crippen LogP contribution in [0.15, 0.2) is 103 Å². The average molecular weight is 375 g/mol. The van der Waals surface area contributed by atoms with E-state index in [1.165, 1.54) is 10.5 Å². The summed E-state index contributed by atoms with van der Waals surface area (Å²) in [5.41, 5.74) is 5.96. The Labute approximate surface area is 168 Å². The zero-order valence-electron chi connectivity index (χ0n) is 15.6. The molecule has 0 saturated heterocycles. The Morgan fingerprint density at radius 1 is 0.414 bits per heavy atom. The first-order chi connectivity index (χ1) is 14.2. The number of hydrogen-bond donors (Lipinski definition) is 0. The number of imide groups is 1. The van der Waals surface area contributed by atoms with Crippen LogP contribution in [0.1, 0.15) is 20.7 Å². The Kier molecular flexibility index (Phi) is 4.07. The number of rotatable bonds is 3. The van der Waals surface area contributed by atoms with Crippen LogP contribution in [0, 0.1) is 0 Å². The summed E-state index contributed by atoms with van der Waals surface area (Å²) in [6.07, 6.45) is 0. The molecule has 0 saturated carbocycles. The Bertz CT molecular complexity index is 1170. The topological polar surface area (TPSA) is 37.4 Å². The van der Waals surface area contributed by atoms with E-state index < -0.39 is 0 Å². The van der Waals surface area contributed by atoms with Crippen LogP contribution in [-0.2, 0) is 0 Å². The van der Waals surface area contributed by atoms with Crippen molar-refractivity contribution in [3.8, 4) is 22.3 Å². The second kappa shape index (κ2) is 6.88. The van der Waals surface area contributed by atoms with E-state index in [-0.39, 0.29) is 11.8 Å². The lowest BCUT2D eigenvalue weighted by atomic mass is 10.0. The molecule has 4 aromatic carbocycles. The smallest absolute Gasteiger partial charge is 0.266 e. The first kappa shape index (κ1) is 17.1. The molecule has 0 radical (unpaired) electrons. The standard InChI is InChI=1S/C26H17NO2/c28-25-23-8-4-5-9-24(23)26(29)27(25)22-16-14-21(15-17-22)20-12-10-19(11-13-20)18-6-2-1-3-7-18/h1-17H. The second-order valence-corrected chi connectivity index (χ2v) is 6.98. The SMILES string of the molecule is O=C1c2ccccc2C(=O)N1c1ccc(-c2ccc(-c3ccccc3)cc2)cc1. The molecule has 1 aliphatic rings. The molecule has 3 nitrogen and oxygen atoms in total. The van der Waals surface area contributed by atoms with E-state index in [9.17, 15) is 9.59 Å². The molecule has 4 aromatic rings. The van der Waals surface area contributed by atoms with Gasteiger partial charge < -0.3 is 0 Å². The van der Waals surface area contributed by atoms with Crippen molar-refractivity contribution in [2.75, 3.05) is 4.90 Å². The van der Waals surface area contributed by atoms with Gasteiger partial charge in [-0.25, -0.2) is 4.90 Å². The van der Waals surface area contributed by atoms with Crippen molar-refractivity contribution in [3.63, 3.8) is 0 Å². The lowest BCUT2D eigenvalue weighted by molar-refractivity contribution is 0.0926. The fourth-order valence-electron chi connectivity index (χ4n) is 3.71. The average Bonchev–Trinajstić information content (AvgIpc) is 3.05. The van der Waals surface area contributed by atoms with E-state index >= 15 is 0 Å². The van der Waals surface area contributed by atoms with Gasteiger partial charge >= 0.3 is 0 Å². The molecule has 29 heavy (non-hydrogen) atoms. The number of carbonyl (C=O) groups is 2. The minimum atomic E-state index is -0.273. The number of benzene rings is 4. The highest BCUT2D eigenvalue weighted by Crippen LogP contribution is 2.31. The van der Waals surface area contributed by atoms with Crippen LogP contribution in [0.25, 0.3) is 22.3 Å². The van der Waals surface area contributed by atoms with E-state index in [2.05, 4.69) is 36.4 Å². The quantitative estimate of drug-likeness (QED) is 0.423. The monoisotopic (exact) mass is 375 g/mol. The van der Waals surface area contributed by atoms with Crippen molar-refractivity contribution in [1.82, 2.24) is 0 Å². The van der Waals surface area contributed by atoms with Crippen molar-refractivity contribution in [3.05, 3.63) is 114 Å². The zero-order valence-corrected chi connectivity index (χ0v) is 15.6. The zero-order chi connectivity index (χ0) is 19.8. The highest BCUT2D eigenvalue weighted by atomic mass is 16.2. The van der Waals surface area contributed by atoms with Gasteiger partial charge in [-0.1, -0.05) is 78.9 Å². The highest BCUT2D eigenvalue weighted by Gasteiger charge is 2.36. The maximum absolute atomic E-state index is 12.6. The molecule has 0 aliphatic carbocycles. The van der Waals surface area contributed by atoms with Crippen molar-refractivity contribution >= 4 is 17.5 Å². The van der Waals surface area contributed by atoms with Crippen LogP contribution in [0.3, 0.4) is 0 Å². The van der Waals surface area contributed by atoms with Crippen LogP contribution < -0.4 is 4.90 Å². The van der Waals surface area contributed by atoms with Gasteiger partial charge in [-0.05, 0) is 46.5 Å². The van der Waals surface area contributed by atoms with Gasteiger partial charge in [-0.15, -0.1) is 0 Å². The molecule has 5 rings (SSSR count). The predicted octanol–water partition coefficient (Wildman–Crippen LogP) is 5.82. The van der Waals surface area contributed by atoms with Crippen LogP contribution in [0.5, 0.6) is 0 Å². The van der Waals surface area contributed by atoms with Gasteiger partial charge in [0, 0.05) is 0 Å². The molecule has 1 aliphatic heterocycles. The fourth-order valence-corrected chi connectivity index (χ4v) is 3.71. The first-order valence-corrected chi connectivity index (χ1v) is 9.46. The summed E-state index contributed by atoms with van der Waals surface area (Å²) in [6.45, 7) is 0. The third-order valence-corrected chi connectivity index (χ3v) is 5.24. The molecular weight excluding hydrogens is 358 g/mol. The van der Waals surface area contributed by atoms with Crippen LogP contribution >= 0.6 is 0 Å². The molecule has 0 bridgehead atoms. The highest BCUT2D eigenvalue weighted by molar-refractivity contribution is 6.34. The minimum Gasteiger partial charge on any atom is -0.268 e. The molecule has 138 valence electrons. The van der Waals surface area contributed by atoms with E-state index in [0.717, 1.165) is 16.7 Å². The third-order valence-electron chi connectivity index (χ3n) is 5.24. The molecule has 1 heterocycles. The molecule has 0 aromatic heterocycles. The van der Waals surface area contributed by atoms with Gasteiger partial charge in [0.1, 0.15) is 0 Å². The molecule has 2 amide bonds. The Balaban J connectivity index is 1.41. The Morgan fingerprint density at radius 2 is 0.793 bits per heavy atom. The number of carbonyl (C=O) groups excluding carboxylic acids is 2. The van der Waals surface area contributed by atoms with Gasteiger partial charge in [0.15, 0.2) is 0 Å². The van der Waals surface area contributed by atoms with E-state index in [4.69, 9.17) is 0 Å². The van der Waals surface area contributed by atoms with Crippen LogP contribution in [-0.4, -0.2) is 11.8 Å². The second-order valence-electron chi connectivity index (χ2n) is 6.98. The largest absolute Gasteiger partial charge is 0.268 e. The van der Waals surface area contributed by atoms with Gasteiger partial charge in [0.05, 0.1) is 16.8 Å². The van der Waals surface area contributed by atoms with Gasteiger partial charge in [-0.2, -0.15) is 0 Å². The maximum Gasteiger partial charge on any atom is 0.266 e. The van der Waals surface area contributed by atoms with Crippen molar-refractivity contribution in [2.24, 2.45) is 0 Å². The number of nitrogens with zero attached hydrogens (tertiary/aromatic N) is 1. The summed E-state index contributed by atoms with van der Waals surface area (Å²) in [5, 5.41) is 0. The van der Waals surface area contributed by atoms with Crippen molar-refractivity contribution < 1.29 is 9.59 Å². The van der Waals surface area contributed by atoms with Crippen LogP contribution in [0.2, 0.25) is 0 Å². The molecule has 0 unspecified atom stereocenters. The number of anilines is 1. The van der Waals surface area contributed by atoms with Crippen molar-refractivity contribution in [2.45, 2.75) is 0 Å². The predicted molar refractivity (Wildman–Crippen MR) is 115 cm³/mol. The number of hydrogen-bond acceptors (Lipinski definition) is 2. The summed E-state index contributed by atoms with van der Waals surface area (Å²) < 4.78 is 0. The third kappa shape index (κ3) is 2.93. The normalized spacial score (nSPS) is 12.9. The van der Waals surface area contributed by atoms with E-state index in [1.54, 1.807) is 24.3 Å². The van der Waals surface area contributed by atoms with E-state index in [0.29, 0.717) is 16.8 Å². The fraction of sp³-hybridized carbons (Fsp3) is 0. The van der Waals surface area contributed by atoms with Gasteiger partial charge in [0.25, 0.3) is 11.8 Å². The lowest BCUT2D eigenvalue weighted by Gasteiger charge is -2.14. The molecule has 0 atom stereocenters. The molecule has 0 spiro atoms. The van der Waals surface area contributed by atoms with Crippen LogP contribution in [0.4, 0.5) is 5.69 Å². The Morgan fingerprint density at radius 3 is 1.28 bits per heavy atom. The molecule has 0 fully saturated rings. The molecule has 3 heteroatoms. The number of amides is 2. The molecular formula is C26H17NO2. The minimum absolute atomic E-state index is 0.273. The summed E-state index contributed by atoms with van der Waals surface area (Å²) in [5.74, 6) is -0.545. The molecule has 0 N–H and O–H groups in total. The van der Waals surface area contributed by atoms with E-state index in [1.807, 2.05) is 42.5 Å². The summed E-state index contributed by atoms with van der Waals surface area (Å²) in [4.78, 5) is 26.5. The number of fused-ring (bicyclic) bond motifs is 1. The summed E-state index contributed by atoms with van der Waals surface area (Å²) in [7, 11) is 0. The first-order valence-electron chi connectivity index (χ1n) is 9.46. The van der Waals surface area contributed by atoms with Gasteiger partial charge in [-0.3, -0.25) is 9.59 Å². The Hall–Kier alpha value is -3.98. The summed E-state index contributed by atoms with van der Waals surface area (Å²) in [6, 6.07) is 33.1. The summed E-state index contributed by atoms with van der Waals surface area (Å²) >= 11 is 0. The lowest BCUT2D eigenvalue weighted by Crippen LogP contribution is -2.29. The maximum atomic E-state index is 12.6. The van der Waals surface area contributed by atoms with Gasteiger partial charge in [0.2, 0.25) is 0 Å². The van der Waals surface area contributed by atoms with Crippen molar-refractivity contribution in [1.29, 1.82) is 0 Å².